The van der Waals surface area contributed by atoms with Gasteiger partial charge in [0.15, 0.2) is 11.6 Å². The molecule has 0 saturated heterocycles. The molecular formula is C11H7F2N3O2S. The molecule has 0 radical (unpaired) electrons. The third-order valence-electron chi connectivity index (χ3n) is 2.19. The molecule has 19 heavy (non-hydrogen) atoms. The fourth-order valence-corrected chi connectivity index (χ4v) is 2.14. The standard InChI is InChI=1S/C11H7F2N3O2S/c12-7-2-1-6(5-8(7)13)19-10-4-3-9(16(17)18)11(14)15-10/h1-5H,(H2,14,15). The van der Waals surface area contributed by atoms with Crippen LogP contribution >= 0.6 is 11.8 Å². The van der Waals surface area contributed by atoms with Gasteiger partial charge in [-0.1, -0.05) is 11.8 Å². The largest absolute Gasteiger partial charge is 0.378 e. The van der Waals surface area contributed by atoms with Crippen LogP contribution in [0.15, 0.2) is 40.3 Å². The Bertz CT molecular complexity index is 652. The summed E-state index contributed by atoms with van der Waals surface area (Å²) in [6.07, 6.45) is 0. The van der Waals surface area contributed by atoms with E-state index >= 15 is 0 Å². The monoisotopic (exact) mass is 283 g/mol. The van der Waals surface area contributed by atoms with Gasteiger partial charge < -0.3 is 5.73 Å². The van der Waals surface area contributed by atoms with Crippen molar-refractivity contribution in [3.8, 4) is 0 Å². The molecule has 0 amide bonds. The number of hydrogen-bond donors (Lipinski definition) is 1. The third-order valence-corrected chi connectivity index (χ3v) is 3.11. The van der Waals surface area contributed by atoms with Crippen molar-refractivity contribution in [3.63, 3.8) is 0 Å². The highest BCUT2D eigenvalue weighted by atomic mass is 32.2. The fourth-order valence-electron chi connectivity index (χ4n) is 1.32. The highest BCUT2D eigenvalue weighted by Gasteiger charge is 2.13. The van der Waals surface area contributed by atoms with Crippen LogP contribution in [0.2, 0.25) is 0 Å². The van der Waals surface area contributed by atoms with Crippen LogP contribution in [-0.4, -0.2) is 9.91 Å². The Balaban J connectivity index is 2.26. The van der Waals surface area contributed by atoms with Crippen LogP contribution in [0.5, 0.6) is 0 Å². The molecule has 1 aromatic heterocycles. The Labute approximate surface area is 110 Å². The van der Waals surface area contributed by atoms with Gasteiger partial charge in [-0.15, -0.1) is 0 Å². The Hall–Kier alpha value is -2.22. The van der Waals surface area contributed by atoms with Crippen molar-refractivity contribution in [2.75, 3.05) is 5.73 Å². The lowest BCUT2D eigenvalue weighted by Crippen LogP contribution is -1.98. The third kappa shape index (κ3) is 2.97. The van der Waals surface area contributed by atoms with Crippen molar-refractivity contribution in [2.45, 2.75) is 9.92 Å². The van der Waals surface area contributed by atoms with E-state index in [-0.39, 0.29) is 11.5 Å². The van der Waals surface area contributed by atoms with Crippen LogP contribution in [0.25, 0.3) is 0 Å². The average Bonchev–Trinajstić information content (AvgIpc) is 2.33. The molecule has 0 aliphatic carbocycles. The minimum atomic E-state index is -0.972. The molecule has 0 spiro atoms. The molecule has 0 atom stereocenters. The zero-order chi connectivity index (χ0) is 14.0. The number of nitrogens with two attached hydrogens (primary N) is 1. The van der Waals surface area contributed by atoms with Gasteiger partial charge in [-0.3, -0.25) is 10.1 Å². The van der Waals surface area contributed by atoms with E-state index in [1.165, 1.54) is 18.2 Å². The number of halogens is 2. The van der Waals surface area contributed by atoms with E-state index in [0.29, 0.717) is 9.92 Å². The van der Waals surface area contributed by atoms with E-state index in [4.69, 9.17) is 5.73 Å². The van der Waals surface area contributed by atoms with Crippen LogP contribution in [0.1, 0.15) is 0 Å². The highest BCUT2D eigenvalue weighted by Crippen LogP contribution is 2.30. The van der Waals surface area contributed by atoms with Crippen molar-refractivity contribution in [1.82, 2.24) is 4.98 Å². The number of aromatic nitrogens is 1. The lowest BCUT2D eigenvalue weighted by atomic mass is 10.3. The van der Waals surface area contributed by atoms with E-state index in [0.717, 1.165) is 23.9 Å². The predicted molar refractivity (Wildman–Crippen MR) is 65.8 cm³/mol. The summed E-state index contributed by atoms with van der Waals surface area (Å²) >= 11 is 1.02. The van der Waals surface area contributed by atoms with Gasteiger partial charge in [0.05, 0.1) is 4.92 Å². The van der Waals surface area contributed by atoms with Crippen LogP contribution in [-0.2, 0) is 0 Å². The maximum atomic E-state index is 13.0. The van der Waals surface area contributed by atoms with E-state index in [1.807, 2.05) is 0 Å². The topological polar surface area (TPSA) is 82.0 Å². The summed E-state index contributed by atoms with van der Waals surface area (Å²) in [6.45, 7) is 0. The molecule has 2 N–H and O–H groups in total. The van der Waals surface area contributed by atoms with Crippen molar-refractivity contribution in [3.05, 3.63) is 52.1 Å². The SMILES string of the molecule is Nc1nc(Sc2ccc(F)c(F)c2)ccc1[N+](=O)[O-]. The molecule has 2 rings (SSSR count). The number of rotatable bonds is 3. The molecule has 0 aliphatic rings. The summed E-state index contributed by atoms with van der Waals surface area (Å²) in [5, 5.41) is 10.9. The smallest absolute Gasteiger partial charge is 0.311 e. The summed E-state index contributed by atoms with van der Waals surface area (Å²) in [4.78, 5) is 14.2. The zero-order valence-electron chi connectivity index (χ0n) is 9.34. The minimum absolute atomic E-state index is 0.224. The first-order chi connectivity index (χ1) is 8.97. The molecule has 1 aromatic carbocycles. The molecule has 0 bridgehead atoms. The van der Waals surface area contributed by atoms with Gasteiger partial charge in [0.2, 0.25) is 5.82 Å². The van der Waals surface area contributed by atoms with Gasteiger partial charge in [0, 0.05) is 11.0 Å². The molecule has 0 unspecified atom stereocenters. The summed E-state index contributed by atoms with van der Waals surface area (Å²) < 4.78 is 25.8. The quantitative estimate of drug-likeness (QED) is 0.691. The predicted octanol–water partition coefficient (Wildman–Crippen LogP) is 3.00. The van der Waals surface area contributed by atoms with Crippen LogP contribution in [0.4, 0.5) is 20.3 Å². The molecular weight excluding hydrogens is 276 g/mol. The Kier molecular flexibility index (Phi) is 3.61. The number of benzene rings is 1. The van der Waals surface area contributed by atoms with Crippen LogP contribution < -0.4 is 5.73 Å². The summed E-state index contributed by atoms with van der Waals surface area (Å²) in [5.74, 6) is -2.14. The summed E-state index contributed by atoms with van der Waals surface area (Å²) in [7, 11) is 0. The lowest BCUT2D eigenvalue weighted by molar-refractivity contribution is -0.384. The number of pyridine rings is 1. The molecule has 0 fully saturated rings. The molecule has 0 saturated carbocycles. The first-order valence-corrected chi connectivity index (χ1v) is 5.83. The Morgan fingerprint density at radius 3 is 2.53 bits per heavy atom. The van der Waals surface area contributed by atoms with Crippen LogP contribution in [0, 0.1) is 21.7 Å². The van der Waals surface area contributed by atoms with E-state index in [1.54, 1.807) is 0 Å². The second-order valence-electron chi connectivity index (χ2n) is 3.49. The van der Waals surface area contributed by atoms with Gasteiger partial charge in [-0.25, -0.2) is 13.8 Å². The second-order valence-corrected chi connectivity index (χ2v) is 4.58. The normalized spacial score (nSPS) is 10.4. The highest BCUT2D eigenvalue weighted by molar-refractivity contribution is 7.99. The van der Waals surface area contributed by atoms with Gasteiger partial charge in [0.25, 0.3) is 0 Å². The number of nitrogen functional groups attached to an aromatic ring is 1. The molecule has 5 nitrogen and oxygen atoms in total. The number of nitro groups is 1. The maximum absolute atomic E-state index is 13.0. The number of anilines is 1. The van der Waals surface area contributed by atoms with E-state index < -0.39 is 16.6 Å². The van der Waals surface area contributed by atoms with Gasteiger partial charge in [-0.05, 0) is 24.3 Å². The fraction of sp³-hybridized carbons (Fsp3) is 0. The molecule has 0 aliphatic heterocycles. The summed E-state index contributed by atoms with van der Waals surface area (Å²) in [5.41, 5.74) is 5.13. The molecule has 8 heteroatoms. The van der Waals surface area contributed by atoms with E-state index in [2.05, 4.69) is 4.98 Å². The zero-order valence-corrected chi connectivity index (χ0v) is 10.2. The van der Waals surface area contributed by atoms with Crippen molar-refractivity contribution in [1.29, 1.82) is 0 Å². The summed E-state index contributed by atoms with van der Waals surface area (Å²) in [6, 6.07) is 5.99. The lowest BCUT2D eigenvalue weighted by Gasteiger charge is -2.03. The molecule has 1 heterocycles. The average molecular weight is 283 g/mol. The Morgan fingerprint density at radius 1 is 1.21 bits per heavy atom. The van der Waals surface area contributed by atoms with E-state index in [9.17, 15) is 18.9 Å². The van der Waals surface area contributed by atoms with Gasteiger partial charge in [-0.2, -0.15) is 0 Å². The molecule has 98 valence electrons. The van der Waals surface area contributed by atoms with Crippen LogP contribution in [0.3, 0.4) is 0 Å². The maximum Gasteiger partial charge on any atom is 0.311 e. The Morgan fingerprint density at radius 2 is 1.95 bits per heavy atom. The van der Waals surface area contributed by atoms with Crippen molar-refractivity contribution in [2.24, 2.45) is 0 Å². The van der Waals surface area contributed by atoms with Crippen molar-refractivity contribution < 1.29 is 13.7 Å². The second kappa shape index (κ2) is 5.19. The number of hydrogen-bond acceptors (Lipinski definition) is 5. The minimum Gasteiger partial charge on any atom is -0.378 e. The first kappa shape index (κ1) is 13.2. The van der Waals surface area contributed by atoms with Gasteiger partial charge >= 0.3 is 5.69 Å². The molecule has 2 aromatic rings. The number of nitrogens with zero attached hydrogens (tertiary/aromatic N) is 2. The van der Waals surface area contributed by atoms with Gasteiger partial charge in [0.1, 0.15) is 5.03 Å². The first-order valence-electron chi connectivity index (χ1n) is 5.01. The van der Waals surface area contributed by atoms with Crippen molar-refractivity contribution >= 4 is 23.3 Å².